The Morgan fingerprint density at radius 3 is 1.52 bits per heavy atom. The highest BCUT2D eigenvalue weighted by Crippen LogP contribution is 2.17. The van der Waals surface area contributed by atoms with Gasteiger partial charge in [-0.05, 0) is 83.5 Å². The van der Waals surface area contributed by atoms with Crippen molar-refractivity contribution in [2.24, 2.45) is 0 Å². The molecule has 6 heteroatoms. The zero-order valence-corrected chi connectivity index (χ0v) is 39.5. The van der Waals surface area contributed by atoms with Gasteiger partial charge in [0.2, 0.25) is 5.91 Å². The lowest BCUT2D eigenvalue weighted by Crippen LogP contribution is -2.46. The standard InChI is InChI=1S/C55H93NO5/c1-4-7-10-13-16-19-22-24-26-27-29-30-32-34-37-40-43-46-51(61-55(60)48-45-42-39-36-33-31-28-25-23-20-17-14-11-8-5-2)49-54(59)56-52(50-57)53(58)47-44-41-38-35-21-18-15-12-9-6-3/h8,11,14,16-17,19-20,23-26,28-31,33,51-53,57-58H,4-7,9-10,12-13,15,18,21-22,27,32,34-50H2,1-3H3,(H,56,59)/b11-8+,17-14+,19-16-,23-20-,26-24-,28-25-,30-29-,33-31+. The predicted molar refractivity (Wildman–Crippen MR) is 264 cm³/mol. The van der Waals surface area contributed by atoms with Gasteiger partial charge < -0.3 is 20.3 Å². The van der Waals surface area contributed by atoms with Gasteiger partial charge in [-0.15, -0.1) is 0 Å². The van der Waals surface area contributed by atoms with Crippen LogP contribution in [0.15, 0.2) is 97.2 Å². The van der Waals surface area contributed by atoms with E-state index >= 15 is 0 Å². The van der Waals surface area contributed by atoms with Crippen LogP contribution in [0.1, 0.15) is 213 Å². The molecular weight excluding hydrogens is 755 g/mol. The van der Waals surface area contributed by atoms with Crippen molar-refractivity contribution in [1.29, 1.82) is 0 Å². The summed E-state index contributed by atoms with van der Waals surface area (Å²) in [5, 5.41) is 23.7. The molecule has 0 aliphatic heterocycles. The molecular formula is C55H93NO5. The summed E-state index contributed by atoms with van der Waals surface area (Å²) >= 11 is 0. The normalized spacial score (nSPS) is 14.1. The van der Waals surface area contributed by atoms with Gasteiger partial charge in [0.1, 0.15) is 6.10 Å². The Bertz CT molecular complexity index is 1220. The predicted octanol–water partition coefficient (Wildman–Crippen LogP) is 14.9. The number of aliphatic hydroxyl groups excluding tert-OH is 2. The van der Waals surface area contributed by atoms with Crippen molar-refractivity contribution in [3.63, 3.8) is 0 Å². The van der Waals surface area contributed by atoms with E-state index in [4.69, 9.17) is 4.74 Å². The van der Waals surface area contributed by atoms with Crippen LogP contribution in [0.5, 0.6) is 0 Å². The van der Waals surface area contributed by atoms with Crippen molar-refractivity contribution in [2.75, 3.05) is 6.61 Å². The fraction of sp³-hybridized carbons (Fsp3) is 0.673. The number of amides is 1. The SMILES string of the molecule is CC/C=C/C=C/C=C\C=C/C=C/CCCCCC(=O)OC(CCCCCC/C=C\C/C=C\C/C=C\CCCCC)CC(=O)NC(CO)C(O)CCCCCCCCCCCC. The van der Waals surface area contributed by atoms with E-state index in [1.807, 2.05) is 42.5 Å². The number of carbonyl (C=O) groups is 2. The van der Waals surface area contributed by atoms with Crippen LogP contribution in [0.2, 0.25) is 0 Å². The first kappa shape index (κ1) is 57.8. The molecule has 0 rings (SSSR count). The smallest absolute Gasteiger partial charge is 0.306 e. The summed E-state index contributed by atoms with van der Waals surface area (Å²) in [5.74, 6) is -0.553. The fourth-order valence-corrected chi connectivity index (χ4v) is 6.99. The number of hydrogen-bond donors (Lipinski definition) is 3. The van der Waals surface area contributed by atoms with Crippen LogP contribution in [0.3, 0.4) is 0 Å². The van der Waals surface area contributed by atoms with Gasteiger partial charge in [-0.25, -0.2) is 0 Å². The molecule has 1 amide bonds. The average molecular weight is 848 g/mol. The summed E-state index contributed by atoms with van der Waals surface area (Å²) in [6.45, 7) is 6.27. The van der Waals surface area contributed by atoms with Gasteiger partial charge in [-0.3, -0.25) is 9.59 Å². The Labute approximate surface area is 376 Å². The molecule has 3 unspecified atom stereocenters. The van der Waals surface area contributed by atoms with Crippen LogP contribution < -0.4 is 5.32 Å². The summed E-state index contributed by atoms with van der Waals surface area (Å²) in [5.41, 5.74) is 0. The molecule has 0 radical (unpaired) electrons. The lowest BCUT2D eigenvalue weighted by Gasteiger charge is -2.24. The maximum atomic E-state index is 13.2. The van der Waals surface area contributed by atoms with E-state index in [1.54, 1.807) is 0 Å². The molecule has 0 heterocycles. The average Bonchev–Trinajstić information content (AvgIpc) is 3.25. The third kappa shape index (κ3) is 43.2. The number of aliphatic hydroxyl groups is 2. The van der Waals surface area contributed by atoms with Crippen LogP contribution in [0.25, 0.3) is 0 Å². The van der Waals surface area contributed by atoms with Gasteiger partial charge in [0.15, 0.2) is 0 Å². The van der Waals surface area contributed by atoms with Gasteiger partial charge in [0.05, 0.1) is 25.2 Å². The summed E-state index contributed by atoms with van der Waals surface area (Å²) in [6.07, 6.45) is 63.2. The molecule has 348 valence electrons. The second-order valence-corrected chi connectivity index (χ2v) is 16.6. The second kappa shape index (κ2) is 47.8. The third-order valence-electron chi connectivity index (χ3n) is 10.8. The number of unbranched alkanes of at least 4 members (excludes halogenated alkanes) is 19. The molecule has 0 spiro atoms. The zero-order chi connectivity index (χ0) is 44.5. The van der Waals surface area contributed by atoms with Crippen LogP contribution in [-0.2, 0) is 14.3 Å². The van der Waals surface area contributed by atoms with Gasteiger partial charge in [0.25, 0.3) is 0 Å². The number of hydrogen-bond acceptors (Lipinski definition) is 5. The molecule has 0 saturated heterocycles. The van der Waals surface area contributed by atoms with E-state index in [1.165, 1.54) is 70.6 Å². The topological polar surface area (TPSA) is 95.9 Å². The molecule has 6 nitrogen and oxygen atoms in total. The van der Waals surface area contributed by atoms with E-state index in [0.717, 1.165) is 96.3 Å². The highest BCUT2D eigenvalue weighted by Gasteiger charge is 2.24. The monoisotopic (exact) mass is 848 g/mol. The highest BCUT2D eigenvalue weighted by molar-refractivity contribution is 5.77. The van der Waals surface area contributed by atoms with Crippen molar-refractivity contribution in [2.45, 2.75) is 232 Å². The number of ether oxygens (including phenoxy) is 1. The van der Waals surface area contributed by atoms with Crippen molar-refractivity contribution in [1.82, 2.24) is 5.32 Å². The quantitative estimate of drug-likeness (QED) is 0.0246. The van der Waals surface area contributed by atoms with Crippen molar-refractivity contribution in [3.8, 4) is 0 Å². The maximum Gasteiger partial charge on any atom is 0.306 e. The molecule has 0 bridgehead atoms. The number of nitrogens with one attached hydrogen (secondary N) is 1. The number of allylic oxidation sites excluding steroid dienone is 16. The van der Waals surface area contributed by atoms with Crippen LogP contribution in [-0.4, -0.2) is 46.9 Å². The van der Waals surface area contributed by atoms with Gasteiger partial charge in [0, 0.05) is 6.42 Å². The number of rotatable bonds is 43. The second-order valence-electron chi connectivity index (χ2n) is 16.6. The first-order valence-corrected chi connectivity index (χ1v) is 25.0. The minimum Gasteiger partial charge on any atom is -0.462 e. The van der Waals surface area contributed by atoms with Gasteiger partial charge >= 0.3 is 5.97 Å². The molecule has 0 saturated carbocycles. The molecule has 0 aromatic carbocycles. The Morgan fingerprint density at radius 1 is 0.508 bits per heavy atom. The summed E-state index contributed by atoms with van der Waals surface area (Å²) < 4.78 is 5.90. The molecule has 0 aliphatic carbocycles. The first-order valence-electron chi connectivity index (χ1n) is 25.0. The minimum atomic E-state index is -0.806. The van der Waals surface area contributed by atoms with Crippen LogP contribution in [0, 0.1) is 0 Å². The molecule has 0 aromatic rings. The molecule has 0 fully saturated rings. The molecule has 0 aromatic heterocycles. The van der Waals surface area contributed by atoms with Crippen molar-refractivity contribution >= 4 is 11.9 Å². The van der Waals surface area contributed by atoms with Gasteiger partial charge in [-0.1, -0.05) is 214 Å². The summed E-state index contributed by atoms with van der Waals surface area (Å²) in [7, 11) is 0. The Hall–Kier alpha value is -3.22. The van der Waals surface area contributed by atoms with Gasteiger partial charge in [-0.2, -0.15) is 0 Å². The first-order chi connectivity index (χ1) is 30.0. The Balaban J connectivity index is 4.76. The third-order valence-corrected chi connectivity index (χ3v) is 10.8. The largest absolute Gasteiger partial charge is 0.462 e. The van der Waals surface area contributed by atoms with E-state index in [-0.39, 0.29) is 24.9 Å². The minimum absolute atomic E-state index is 0.0395. The lowest BCUT2D eigenvalue weighted by atomic mass is 10.0. The van der Waals surface area contributed by atoms with Crippen LogP contribution >= 0.6 is 0 Å². The fourth-order valence-electron chi connectivity index (χ4n) is 6.99. The summed E-state index contributed by atoms with van der Waals surface area (Å²) in [6, 6.07) is -0.723. The molecule has 3 atom stereocenters. The lowest BCUT2D eigenvalue weighted by molar-refractivity contribution is -0.151. The highest BCUT2D eigenvalue weighted by atomic mass is 16.5. The van der Waals surface area contributed by atoms with Crippen LogP contribution in [0.4, 0.5) is 0 Å². The van der Waals surface area contributed by atoms with Crippen molar-refractivity contribution in [3.05, 3.63) is 97.2 Å². The maximum absolute atomic E-state index is 13.2. The van der Waals surface area contributed by atoms with E-state index in [9.17, 15) is 19.8 Å². The number of carbonyl (C=O) groups excluding carboxylic acids is 2. The van der Waals surface area contributed by atoms with Crippen molar-refractivity contribution < 1.29 is 24.5 Å². The molecule has 0 aliphatic rings. The Kier molecular flexibility index (Phi) is 45.3. The molecule has 3 N–H and O–H groups in total. The Morgan fingerprint density at radius 2 is 0.951 bits per heavy atom. The molecule has 61 heavy (non-hydrogen) atoms. The zero-order valence-electron chi connectivity index (χ0n) is 39.5. The van der Waals surface area contributed by atoms with E-state index in [0.29, 0.717) is 19.3 Å². The van der Waals surface area contributed by atoms with E-state index in [2.05, 4.69) is 80.8 Å². The summed E-state index contributed by atoms with van der Waals surface area (Å²) in [4.78, 5) is 26.1. The number of esters is 1. The van der Waals surface area contributed by atoms with E-state index < -0.39 is 18.2 Å².